The van der Waals surface area contributed by atoms with Gasteiger partial charge in [0.2, 0.25) is 0 Å². The maximum Gasteiger partial charge on any atom is 0.257 e. The highest BCUT2D eigenvalue weighted by Crippen LogP contribution is 2.16. The molecule has 1 fully saturated rings. The van der Waals surface area contributed by atoms with Crippen LogP contribution < -0.4 is 5.32 Å². The van der Waals surface area contributed by atoms with Crippen LogP contribution in [0.1, 0.15) is 16.8 Å². The van der Waals surface area contributed by atoms with Crippen LogP contribution in [0.5, 0.6) is 0 Å². The molecule has 2 atom stereocenters. The van der Waals surface area contributed by atoms with Gasteiger partial charge in [-0.05, 0) is 32.6 Å². The second-order valence-electron chi connectivity index (χ2n) is 5.75. The molecule has 1 aliphatic rings. The van der Waals surface area contributed by atoms with Crippen molar-refractivity contribution in [3.8, 4) is 0 Å². The molecule has 1 saturated heterocycles. The standard InChI is InChI=1S/C16H22F2N2O3/c1-20(2)7-9-23-14-10-22-8-6-13(14)19-16(21)15-11(17)4-3-5-12(15)18/h3-5,13-14H,6-10H2,1-2H3,(H,19,21)/t13-,14-/m1/s1. The molecule has 0 bridgehead atoms. The molecule has 1 amide bonds. The molecule has 5 nitrogen and oxygen atoms in total. The summed E-state index contributed by atoms with van der Waals surface area (Å²) in [7, 11) is 3.86. The van der Waals surface area contributed by atoms with Gasteiger partial charge in [0.05, 0.1) is 19.3 Å². The lowest BCUT2D eigenvalue weighted by molar-refractivity contribution is -0.0691. The largest absolute Gasteiger partial charge is 0.379 e. The fraction of sp³-hybridized carbons (Fsp3) is 0.562. The van der Waals surface area contributed by atoms with Gasteiger partial charge in [-0.15, -0.1) is 0 Å². The van der Waals surface area contributed by atoms with Gasteiger partial charge < -0.3 is 19.7 Å². The van der Waals surface area contributed by atoms with Gasteiger partial charge in [0.15, 0.2) is 0 Å². The lowest BCUT2D eigenvalue weighted by atomic mass is 10.0. The number of hydrogen-bond acceptors (Lipinski definition) is 4. The fourth-order valence-corrected chi connectivity index (χ4v) is 2.38. The van der Waals surface area contributed by atoms with E-state index in [0.717, 1.165) is 18.7 Å². The Bertz CT molecular complexity index is 520. The van der Waals surface area contributed by atoms with Crippen molar-refractivity contribution in [3.63, 3.8) is 0 Å². The van der Waals surface area contributed by atoms with Crippen molar-refractivity contribution < 1.29 is 23.0 Å². The van der Waals surface area contributed by atoms with Gasteiger partial charge in [0, 0.05) is 13.2 Å². The number of hydrogen-bond donors (Lipinski definition) is 1. The van der Waals surface area contributed by atoms with Crippen molar-refractivity contribution in [1.82, 2.24) is 10.2 Å². The van der Waals surface area contributed by atoms with Crippen LogP contribution in [0.25, 0.3) is 0 Å². The smallest absolute Gasteiger partial charge is 0.257 e. The minimum absolute atomic E-state index is 0.331. The number of carbonyl (C=O) groups excluding carboxylic acids is 1. The average Bonchev–Trinajstić information content (AvgIpc) is 2.48. The van der Waals surface area contributed by atoms with E-state index in [1.54, 1.807) is 0 Å². The van der Waals surface area contributed by atoms with Crippen LogP contribution in [0.4, 0.5) is 8.78 Å². The molecule has 2 rings (SSSR count). The van der Waals surface area contributed by atoms with E-state index in [0.29, 0.717) is 26.2 Å². The number of ether oxygens (including phenoxy) is 2. The lowest BCUT2D eigenvalue weighted by Crippen LogP contribution is -2.50. The van der Waals surface area contributed by atoms with Gasteiger partial charge in [-0.25, -0.2) is 8.78 Å². The van der Waals surface area contributed by atoms with E-state index in [1.807, 2.05) is 19.0 Å². The first kappa shape index (κ1) is 17.8. The summed E-state index contributed by atoms with van der Waals surface area (Å²) in [4.78, 5) is 14.2. The Balaban J connectivity index is 1.99. The van der Waals surface area contributed by atoms with E-state index in [4.69, 9.17) is 9.47 Å². The van der Waals surface area contributed by atoms with Gasteiger partial charge in [0.1, 0.15) is 23.3 Å². The van der Waals surface area contributed by atoms with E-state index in [-0.39, 0.29) is 12.1 Å². The van der Waals surface area contributed by atoms with Crippen LogP contribution in [-0.4, -0.2) is 63.4 Å². The Kier molecular flexibility index (Phi) is 6.44. The van der Waals surface area contributed by atoms with E-state index < -0.39 is 23.1 Å². The molecule has 1 heterocycles. The quantitative estimate of drug-likeness (QED) is 0.858. The third-order valence-corrected chi connectivity index (χ3v) is 3.68. The van der Waals surface area contributed by atoms with Crippen molar-refractivity contribution in [2.75, 3.05) is 40.5 Å². The topological polar surface area (TPSA) is 50.8 Å². The zero-order valence-corrected chi connectivity index (χ0v) is 13.4. The van der Waals surface area contributed by atoms with Crippen LogP contribution in [0.2, 0.25) is 0 Å². The Morgan fingerprint density at radius 2 is 2.09 bits per heavy atom. The van der Waals surface area contributed by atoms with Crippen LogP contribution in [0, 0.1) is 11.6 Å². The summed E-state index contributed by atoms with van der Waals surface area (Å²) in [6.07, 6.45) is 0.205. The molecule has 0 radical (unpaired) electrons. The van der Waals surface area contributed by atoms with Crippen molar-refractivity contribution in [3.05, 3.63) is 35.4 Å². The summed E-state index contributed by atoms with van der Waals surface area (Å²) in [6.45, 7) is 2.04. The predicted molar refractivity (Wildman–Crippen MR) is 81.3 cm³/mol. The van der Waals surface area contributed by atoms with E-state index in [9.17, 15) is 13.6 Å². The zero-order chi connectivity index (χ0) is 16.8. The van der Waals surface area contributed by atoms with Crippen LogP contribution in [0.15, 0.2) is 18.2 Å². The highest BCUT2D eigenvalue weighted by Gasteiger charge is 2.29. The van der Waals surface area contributed by atoms with Gasteiger partial charge in [0.25, 0.3) is 5.91 Å². The summed E-state index contributed by atoms with van der Waals surface area (Å²) >= 11 is 0. The molecule has 128 valence electrons. The maximum atomic E-state index is 13.7. The summed E-state index contributed by atoms with van der Waals surface area (Å²) in [5, 5.41) is 2.67. The third-order valence-electron chi connectivity index (χ3n) is 3.68. The van der Waals surface area contributed by atoms with Crippen molar-refractivity contribution in [2.24, 2.45) is 0 Å². The second kappa shape index (κ2) is 8.33. The summed E-state index contributed by atoms with van der Waals surface area (Å²) in [5.74, 6) is -2.52. The first-order chi connectivity index (χ1) is 11.0. The minimum atomic E-state index is -0.875. The zero-order valence-electron chi connectivity index (χ0n) is 13.4. The number of likely N-dealkylation sites (N-methyl/N-ethyl adjacent to an activating group) is 1. The molecule has 0 aliphatic carbocycles. The lowest BCUT2D eigenvalue weighted by Gasteiger charge is -2.32. The van der Waals surface area contributed by atoms with Crippen molar-refractivity contribution in [2.45, 2.75) is 18.6 Å². The third kappa shape index (κ3) is 4.95. The Morgan fingerprint density at radius 1 is 1.39 bits per heavy atom. The van der Waals surface area contributed by atoms with Crippen LogP contribution in [0.3, 0.4) is 0 Å². The number of rotatable bonds is 6. The van der Waals surface area contributed by atoms with Gasteiger partial charge >= 0.3 is 0 Å². The molecule has 1 aromatic rings. The van der Waals surface area contributed by atoms with Crippen LogP contribution in [-0.2, 0) is 9.47 Å². The number of halogens is 2. The SMILES string of the molecule is CN(C)CCO[C@@H]1COCC[C@H]1NC(=O)c1c(F)cccc1F. The van der Waals surface area contributed by atoms with Gasteiger partial charge in [-0.2, -0.15) is 0 Å². The number of nitrogens with one attached hydrogen (secondary N) is 1. The summed E-state index contributed by atoms with van der Waals surface area (Å²) in [5.41, 5.74) is -0.564. The molecule has 1 aliphatic heterocycles. The summed E-state index contributed by atoms with van der Waals surface area (Å²) in [6, 6.07) is 3.01. The second-order valence-corrected chi connectivity index (χ2v) is 5.75. The molecule has 7 heteroatoms. The van der Waals surface area contributed by atoms with E-state index >= 15 is 0 Å². The first-order valence-corrected chi connectivity index (χ1v) is 7.58. The Morgan fingerprint density at radius 3 is 2.74 bits per heavy atom. The normalized spacial score (nSPS) is 21.4. The van der Waals surface area contributed by atoms with Crippen molar-refractivity contribution in [1.29, 1.82) is 0 Å². The molecular weight excluding hydrogens is 306 g/mol. The number of amides is 1. The van der Waals surface area contributed by atoms with E-state index in [2.05, 4.69) is 5.32 Å². The fourth-order valence-electron chi connectivity index (χ4n) is 2.38. The number of benzene rings is 1. The monoisotopic (exact) mass is 328 g/mol. The Hall–Kier alpha value is -1.57. The minimum Gasteiger partial charge on any atom is -0.379 e. The summed E-state index contributed by atoms with van der Waals surface area (Å²) < 4.78 is 38.5. The molecule has 0 unspecified atom stereocenters. The van der Waals surface area contributed by atoms with Crippen LogP contribution >= 0.6 is 0 Å². The molecule has 1 aromatic carbocycles. The Labute approximate surface area is 134 Å². The number of nitrogens with zero attached hydrogens (tertiary/aromatic N) is 1. The first-order valence-electron chi connectivity index (χ1n) is 7.58. The molecular formula is C16H22F2N2O3. The molecule has 0 saturated carbocycles. The van der Waals surface area contributed by atoms with Gasteiger partial charge in [-0.3, -0.25) is 4.79 Å². The highest BCUT2D eigenvalue weighted by molar-refractivity contribution is 5.95. The molecule has 0 spiro atoms. The van der Waals surface area contributed by atoms with Gasteiger partial charge in [-0.1, -0.05) is 6.07 Å². The molecule has 0 aromatic heterocycles. The van der Waals surface area contributed by atoms with Crippen molar-refractivity contribution >= 4 is 5.91 Å². The molecule has 23 heavy (non-hydrogen) atoms. The molecule has 1 N–H and O–H groups in total. The average molecular weight is 328 g/mol. The number of carbonyl (C=O) groups is 1. The predicted octanol–water partition coefficient (Wildman–Crippen LogP) is 1.43. The van der Waals surface area contributed by atoms with E-state index in [1.165, 1.54) is 6.07 Å². The maximum absolute atomic E-state index is 13.7. The highest BCUT2D eigenvalue weighted by atomic mass is 19.1.